The Balaban J connectivity index is 1.40. The summed E-state index contributed by atoms with van der Waals surface area (Å²) in [6, 6.07) is 8.55. The molecule has 158 valence electrons. The number of carbonyl (C=O) groups is 1. The minimum absolute atomic E-state index is 0.173. The molecule has 3 heterocycles. The molecule has 0 atom stereocenters. The van der Waals surface area contributed by atoms with Crippen LogP contribution in [0.5, 0.6) is 0 Å². The van der Waals surface area contributed by atoms with Crippen LogP contribution in [-0.2, 0) is 11.2 Å². The Bertz CT molecular complexity index is 1060. The summed E-state index contributed by atoms with van der Waals surface area (Å²) >= 11 is 0. The first-order valence-electron chi connectivity index (χ1n) is 10.5. The second-order valence-electron chi connectivity index (χ2n) is 8.01. The molecule has 1 saturated heterocycles. The lowest BCUT2D eigenvalue weighted by Crippen LogP contribution is -2.35. The van der Waals surface area contributed by atoms with E-state index >= 15 is 0 Å². The summed E-state index contributed by atoms with van der Waals surface area (Å²) in [5.74, 6) is -0.0552. The first kappa shape index (κ1) is 20.3. The van der Waals surface area contributed by atoms with Gasteiger partial charge in [0.05, 0.1) is 5.69 Å². The number of nitrogens with zero attached hydrogens (tertiary/aromatic N) is 5. The van der Waals surface area contributed by atoms with Gasteiger partial charge in [0.15, 0.2) is 5.65 Å². The summed E-state index contributed by atoms with van der Waals surface area (Å²) in [4.78, 5) is 21.7. The predicted molar refractivity (Wildman–Crippen MR) is 115 cm³/mol. The molecule has 1 aromatic carbocycles. The Morgan fingerprint density at radius 2 is 1.83 bits per heavy atom. The van der Waals surface area contributed by atoms with E-state index < -0.39 is 0 Å². The van der Waals surface area contributed by atoms with Gasteiger partial charge in [-0.2, -0.15) is 5.10 Å². The van der Waals surface area contributed by atoms with E-state index in [1.807, 2.05) is 36.3 Å². The Morgan fingerprint density at radius 3 is 2.60 bits per heavy atom. The summed E-state index contributed by atoms with van der Waals surface area (Å²) in [7, 11) is 0. The van der Waals surface area contributed by atoms with Gasteiger partial charge in [0.25, 0.3) is 0 Å². The molecule has 1 aliphatic heterocycles. The lowest BCUT2D eigenvalue weighted by molar-refractivity contribution is -0.130. The van der Waals surface area contributed by atoms with E-state index in [0.29, 0.717) is 19.4 Å². The Hall–Kier alpha value is -2.96. The van der Waals surface area contributed by atoms with Crippen LogP contribution < -0.4 is 4.90 Å². The van der Waals surface area contributed by atoms with Gasteiger partial charge in [-0.15, -0.1) is 0 Å². The van der Waals surface area contributed by atoms with Crippen LogP contribution >= 0.6 is 0 Å². The van der Waals surface area contributed by atoms with Crippen molar-refractivity contribution in [2.45, 2.75) is 40.0 Å². The van der Waals surface area contributed by atoms with E-state index in [0.717, 1.165) is 60.0 Å². The van der Waals surface area contributed by atoms with Gasteiger partial charge in [-0.05, 0) is 63.4 Å². The van der Waals surface area contributed by atoms with Gasteiger partial charge in [-0.25, -0.2) is 13.9 Å². The molecule has 3 aromatic rings. The third kappa shape index (κ3) is 4.15. The lowest BCUT2D eigenvalue weighted by Gasteiger charge is -2.24. The summed E-state index contributed by atoms with van der Waals surface area (Å²) in [5.41, 5.74) is 5.91. The molecule has 0 radical (unpaired) electrons. The zero-order chi connectivity index (χ0) is 21.3. The highest BCUT2D eigenvalue weighted by atomic mass is 19.1. The Kier molecular flexibility index (Phi) is 5.70. The number of aromatic nitrogens is 3. The number of hydrogen-bond donors (Lipinski definition) is 0. The van der Waals surface area contributed by atoms with Crippen molar-refractivity contribution in [1.29, 1.82) is 0 Å². The fraction of sp³-hybridized carbons (Fsp3) is 0.435. The van der Waals surface area contributed by atoms with Gasteiger partial charge >= 0.3 is 0 Å². The zero-order valence-corrected chi connectivity index (χ0v) is 17.9. The molecular weight excluding hydrogens is 381 g/mol. The van der Waals surface area contributed by atoms with Crippen LogP contribution in [0.1, 0.15) is 35.5 Å². The molecule has 1 fully saturated rings. The normalized spacial score (nSPS) is 14.9. The summed E-state index contributed by atoms with van der Waals surface area (Å²) in [5, 5.41) is 4.52. The fourth-order valence-electron chi connectivity index (χ4n) is 4.27. The average molecular weight is 410 g/mol. The van der Waals surface area contributed by atoms with Gasteiger partial charge in [-0.1, -0.05) is 0 Å². The SMILES string of the molecule is Cc1cc2nc(C)c(CCC(=O)N3CCCN(c4ccc(F)cc4)CC3)c(C)n2n1. The van der Waals surface area contributed by atoms with E-state index in [1.54, 1.807) is 12.1 Å². The van der Waals surface area contributed by atoms with Gasteiger partial charge in [-0.3, -0.25) is 4.79 Å². The van der Waals surface area contributed by atoms with Crippen LogP contribution in [0.2, 0.25) is 0 Å². The molecule has 0 unspecified atom stereocenters. The molecular formula is C23H28FN5O. The maximum Gasteiger partial charge on any atom is 0.222 e. The van der Waals surface area contributed by atoms with Crippen LogP contribution in [0, 0.1) is 26.6 Å². The highest BCUT2D eigenvalue weighted by Gasteiger charge is 2.20. The van der Waals surface area contributed by atoms with Crippen LogP contribution in [0.25, 0.3) is 5.65 Å². The van der Waals surface area contributed by atoms with Gasteiger partial charge < -0.3 is 9.80 Å². The summed E-state index contributed by atoms with van der Waals surface area (Å²) < 4.78 is 15.1. The van der Waals surface area contributed by atoms with Crippen LogP contribution in [0.4, 0.5) is 10.1 Å². The number of aryl methyl sites for hydroxylation is 3. The van der Waals surface area contributed by atoms with Crippen molar-refractivity contribution in [3.05, 3.63) is 58.8 Å². The molecule has 0 N–H and O–H groups in total. The van der Waals surface area contributed by atoms with E-state index in [9.17, 15) is 9.18 Å². The van der Waals surface area contributed by atoms with Crippen molar-refractivity contribution in [3.63, 3.8) is 0 Å². The molecule has 0 saturated carbocycles. The fourth-order valence-corrected chi connectivity index (χ4v) is 4.27. The van der Waals surface area contributed by atoms with Crippen LogP contribution in [0.15, 0.2) is 30.3 Å². The van der Waals surface area contributed by atoms with E-state index in [1.165, 1.54) is 12.1 Å². The molecule has 0 aliphatic carbocycles. The minimum atomic E-state index is -0.228. The quantitative estimate of drug-likeness (QED) is 0.662. The maximum absolute atomic E-state index is 13.2. The molecule has 4 rings (SSSR count). The molecule has 7 heteroatoms. The summed E-state index contributed by atoms with van der Waals surface area (Å²) in [6.45, 7) is 9.07. The number of halogens is 1. The number of fused-ring (bicyclic) bond motifs is 1. The van der Waals surface area contributed by atoms with Crippen molar-refractivity contribution in [3.8, 4) is 0 Å². The zero-order valence-electron chi connectivity index (χ0n) is 17.9. The van der Waals surface area contributed by atoms with Crippen LogP contribution in [0.3, 0.4) is 0 Å². The Morgan fingerprint density at radius 1 is 1.07 bits per heavy atom. The van der Waals surface area contributed by atoms with Crippen molar-refractivity contribution in [2.75, 3.05) is 31.1 Å². The van der Waals surface area contributed by atoms with E-state index in [4.69, 9.17) is 0 Å². The molecule has 0 bridgehead atoms. The number of amides is 1. The standard InChI is InChI=1S/C23H28FN5O/c1-16-15-22-25-17(2)21(18(3)29(22)26-16)9-10-23(30)28-12-4-11-27(13-14-28)20-7-5-19(24)6-8-20/h5-8,15H,4,9-14H2,1-3H3. The maximum atomic E-state index is 13.2. The van der Waals surface area contributed by atoms with Gasteiger partial charge in [0.1, 0.15) is 5.82 Å². The van der Waals surface area contributed by atoms with Gasteiger partial charge in [0, 0.05) is 55.7 Å². The number of hydrogen-bond acceptors (Lipinski definition) is 4. The second kappa shape index (κ2) is 8.42. The lowest BCUT2D eigenvalue weighted by atomic mass is 10.1. The Labute approximate surface area is 176 Å². The molecule has 0 spiro atoms. The van der Waals surface area contributed by atoms with E-state index in [-0.39, 0.29) is 11.7 Å². The molecule has 1 aliphatic rings. The third-order valence-electron chi connectivity index (χ3n) is 5.92. The van der Waals surface area contributed by atoms with Crippen molar-refractivity contribution in [2.24, 2.45) is 0 Å². The second-order valence-corrected chi connectivity index (χ2v) is 8.01. The first-order valence-corrected chi connectivity index (χ1v) is 10.5. The monoisotopic (exact) mass is 409 g/mol. The first-order chi connectivity index (χ1) is 14.4. The molecule has 1 amide bonds. The van der Waals surface area contributed by atoms with Crippen molar-refractivity contribution >= 4 is 17.2 Å². The molecule has 6 nitrogen and oxygen atoms in total. The third-order valence-corrected chi connectivity index (χ3v) is 5.92. The number of benzene rings is 1. The highest BCUT2D eigenvalue weighted by molar-refractivity contribution is 5.76. The summed E-state index contributed by atoms with van der Waals surface area (Å²) in [6.07, 6.45) is 2.03. The van der Waals surface area contributed by atoms with Crippen molar-refractivity contribution in [1.82, 2.24) is 19.5 Å². The largest absolute Gasteiger partial charge is 0.370 e. The molecule has 30 heavy (non-hydrogen) atoms. The van der Waals surface area contributed by atoms with Crippen LogP contribution in [-0.4, -0.2) is 51.6 Å². The van der Waals surface area contributed by atoms with E-state index in [2.05, 4.69) is 15.0 Å². The average Bonchev–Trinajstić information content (AvgIpc) is 2.93. The smallest absolute Gasteiger partial charge is 0.222 e. The highest BCUT2D eigenvalue weighted by Crippen LogP contribution is 2.19. The topological polar surface area (TPSA) is 53.7 Å². The van der Waals surface area contributed by atoms with Gasteiger partial charge in [0.2, 0.25) is 5.91 Å². The molecule has 2 aromatic heterocycles. The number of carbonyl (C=O) groups excluding carboxylic acids is 1. The predicted octanol–water partition coefficient (Wildman–Crippen LogP) is 3.47. The van der Waals surface area contributed by atoms with Crippen molar-refractivity contribution < 1.29 is 9.18 Å². The number of rotatable bonds is 4. The minimum Gasteiger partial charge on any atom is -0.370 e. The number of anilines is 1.